The summed E-state index contributed by atoms with van der Waals surface area (Å²) in [6, 6.07) is 0. The second-order valence-corrected chi connectivity index (χ2v) is 1.86. The van der Waals surface area contributed by atoms with Crippen LogP contribution >= 0.6 is 0 Å². The first-order valence-electron chi connectivity index (χ1n) is 3.33. The van der Waals surface area contributed by atoms with Gasteiger partial charge in [-0.15, -0.1) is 5.10 Å². The molecule has 4 heteroatoms. The molecule has 0 unspecified atom stereocenters. The van der Waals surface area contributed by atoms with E-state index in [9.17, 15) is 0 Å². The maximum absolute atomic E-state index is 4.79. The zero-order valence-corrected chi connectivity index (χ0v) is 6.16. The Balaban J connectivity index is 2.64. The largest absolute Gasteiger partial charge is 0.339 e. The van der Waals surface area contributed by atoms with Gasteiger partial charge in [0.15, 0.2) is 6.20 Å². The predicted molar refractivity (Wildman–Crippen MR) is 36.7 cm³/mol. The van der Waals surface area contributed by atoms with Crippen LogP contribution in [-0.2, 0) is 0 Å². The van der Waals surface area contributed by atoms with Gasteiger partial charge in [-0.1, -0.05) is 0 Å². The maximum Gasteiger partial charge on any atom is 0.257 e. The number of aromatic nitrogens is 2. The van der Waals surface area contributed by atoms with Crippen LogP contribution in [0.25, 0.3) is 0 Å². The molecule has 0 N–H and O–H groups in total. The molecule has 1 aromatic rings. The summed E-state index contributed by atoms with van der Waals surface area (Å²) in [5, 5.41) is 6.77. The highest BCUT2D eigenvalue weighted by Crippen LogP contribution is 2.07. The maximum atomic E-state index is 4.79. The zero-order valence-electron chi connectivity index (χ0n) is 6.16. The van der Waals surface area contributed by atoms with Gasteiger partial charge in [0, 0.05) is 18.4 Å². The number of rotatable bonds is 3. The molecule has 0 fully saturated rings. The van der Waals surface area contributed by atoms with Crippen LogP contribution in [0.2, 0.25) is 0 Å². The van der Waals surface area contributed by atoms with Crippen molar-refractivity contribution in [2.45, 2.75) is 13.8 Å². The van der Waals surface area contributed by atoms with Crippen LogP contribution in [0.1, 0.15) is 13.8 Å². The molecule has 4 nitrogen and oxygen atoms in total. The molecule has 1 aromatic heterocycles. The lowest BCUT2D eigenvalue weighted by molar-refractivity contribution is 0.392. The zero-order chi connectivity index (χ0) is 7.40. The van der Waals surface area contributed by atoms with Crippen molar-refractivity contribution >= 4 is 5.88 Å². The molecule has 1 heterocycles. The van der Waals surface area contributed by atoms with Gasteiger partial charge in [0.2, 0.25) is 0 Å². The summed E-state index contributed by atoms with van der Waals surface area (Å²) >= 11 is 0. The summed E-state index contributed by atoms with van der Waals surface area (Å²) in [5.74, 6) is 0.616. The highest BCUT2D eigenvalue weighted by molar-refractivity contribution is 5.28. The molecule has 10 heavy (non-hydrogen) atoms. The second kappa shape index (κ2) is 3.20. The minimum absolute atomic E-state index is 0.616. The second-order valence-electron chi connectivity index (χ2n) is 1.86. The van der Waals surface area contributed by atoms with Gasteiger partial charge in [0.25, 0.3) is 5.88 Å². The van der Waals surface area contributed by atoms with E-state index in [4.69, 9.17) is 4.52 Å². The Bertz CT molecular complexity index is 169. The Morgan fingerprint density at radius 2 is 2.20 bits per heavy atom. The van der Waals surface area contributed by atoms with Gasteiger partial charge in [-0.2, -0.15) is 0 Å². The summed E-state index contributed by atoms with van der Waals surface area (Å²) in [4.78, 5) is 1.99. The third-order valence-corrected chi connectivity index (χ3v) is 1.36. The van der Waals surface area contributed by atoms with E-state index in [2.05, 4.69) is 16.6 Å². The van der Waals surface area contributed by atoms with Crippen molar-refractivity contribution in [2.24, 2.45) is 0 Å². The molecule has 0 aromatic carbocycles. The Morgan fingerprint density at radius 3 is 2.60 bits per heavy atom. The van der Waals surface area contributed by atoms with Crippen LogP contribution in [0.15, 0.2) is 4.52 Å². The standard InChI is InChI=1S/C6H10N3O/c1-3-9(4-2)6-5-7-8-10-6/h3-4H2,1-2H3. The third-order valence-electron chi connectivity index (χ3n) is 1.36. The van der Waals surface area contributed by atoms with Crippen molar-refractivity contribution in [1.82, 2.24) is 10.4 Å². The van der Waals surface area contributed by atoms with Crippen LogP contribution in [0.4, 0.5) is 5.88 Å². The average molecular weight is 140 g/mol. The van der Waals surface area contributed by atoms with Crippen molar-refractivity contribution in [1.29, 1.82) is 0 Å². The van der Waals surface area contributed by atoms with Gasteiger partial charge in [0.05, 0.1) is 0 Å². The fraction of sp³-hybridized carbons (Fsp3) is 0.667. The van der Waals surface area contributed by atoms with E-state index < -0.39 is 0 Å². The minimum atomic E-state index is 0.616. The van der Waals surface area contributed by atoms with Crippen molar-refractivity contribution in [3.05, 3.63) is 6.20 Å². The summed E-state index contributed by atoms with van der Waals surface area (Å²) in [7, 11) is 0. The summed E-state index contributed by atoms with van der Waals surface area (Å²) in [5.41, 5.74) is 0. The molecule has 0 aliphatic rings. The normalized spacial score (nSPS) is 9.80. The first-order valence-corrected chi connectivity index (χ1v) is 3.33. The van der Waals surface area contributed by atoms with E-state index in [1.807, 2.05) is 18.7 Å². The molecule has 0 aliphatic carbocycles. The molecule has 1 rings (SSSR count). The molecule has 1 radical (unpaired) electrons. The Hall–Kier alpha value is -1.06. The first-order chi connectivity index (χ1) is 4.88. The van der Waals surface area contributed by atoms with Crippen LogP contribution in [0, 0.1) is 6.20 Å². The quantitative estimate of drug-likeness (QED) is 0.620. The van der Waals surface area contributed by atoms with Gasteiger partial charge in [0.1, 0.15) is 0 Å². The van der Waals surface area contributed by atoms with Crippen LogP contribution in [0.3, 0.4) is 0 Å². The van der Waals surface area contributed by atoms with E-state index >= 15 is 0 Å². The van der Waals surface area contributed by atoms with E-state index in [0.29, 0.717) is 5.88 Å². The van der Waals surface area contributed by atoms with Crippen molar-refractivity contribution in [2.75, 3.05) is 18.0 Å². The fourth-order valence-corrected chi connectivity index (χ4v) is 0.782. The molecule has 0 bridgehead atoms. The van der Waals surface area contributed by atoms with Crippen molar-refractivity contribution in [3.63, 3.8) is 0 Å². The van der Waals surface area contributed by atoms with Crippen molar-refractivity contribution < 1.29 is 4.52 Å². The number of hydrogen-bond donors (Lipinski definition) is 0. The molecular weight excluding hydrogens is 130 g/mol. The molecular formula is C6H10N3O. The lowest BCUT2D eigenvalue weighted by atomic mass is 10.5. The van der Waals surface area contributed by atoms with Gasteiger partial charge >= 0.3 is 0 Å². The monoisotopic (exact) mass is 140 g/mol. The lowest BCUT2D eigenvalue weighted by Crippen LogP contribution is -2.21. The smallest absolute Gasteiger partial charge is 0.257 e. The molecule has 0 aliphatic heterocycles. The summed E-state index contributed by atoms with van der Waals surface area (Å²) in [6.45, 7) is 5.87. The van der Waals surface area contributed by atoms with Crippen molar-refractivity contribution in [3.8, 4) is 0 Å². The summed E-state index contributed by atoms with van der Waals surface area (Å²) in [6.07, 6.45) is 2.64. The number of nitrogens with zero attached hydrogens (tertiary/aromatic N) is 3. The minimum Gasteiger partial charge on any atom is -0.339 e. The third kappa shape index (κ3) is 1.26. The van der Waals surface area contributed by atoms with Gasteiger partial charge in [-0.05, 0) is 13.8 Å². The van der Waals surface area contributed by atoms with Gasteiger partial charge in [-0.25, -0.2) is 0 Å². The van der Waals surface area contributed by atoms with Crippen LogP contribution in [-0.4, -0.2) is 23.5 Å². The molecule has 0 spiro atoms. The topological polar surface area (TPSA) is 42.2 Å². The van der Waals surface area contributed by atoms with Crippen LogP contribution < -0.4 is 4.90 Å². The highest BCUT2D eigenvalue weighted by Gasteiger charge is 2.05. The van der Waals surface area contributed by atoms with Gasteiger partial charge < -0.3 is 9.42 Å². The Kier molecular flexibility index (Phi) is 2.25. The Labute approximate surface area is 59.8 Å². The number of anilines is 1. The lowest BCUT2D eigenvalue weighted by Gasteiger charge is -2.14. The SMILES string of the molecule is CCN(CC)c1[c]nno1. The first kappa shape index (κ1) is 7.05. The van der Waals surface area contributed by atoms with E-state index in [-0.39, 0.29) is 0 Å². The fourth-order valence-electron chi connectivity index (χ4n) is 0.782. The molecule has 0 saturated heterocycles. The summed E-state index contributed by atoms with van der Waals surface area (Å²) < 4.78 is 4.79. The average Bonchev–Trinajstić information content (AvgIpc) is 2.43. The van der Waals surface area contributed by atoms with Crippen LogP contribution in [0.5, 0.6) is 0 Å². The number of hydrogen-bond acceptors (Lipinski definition) is 4. The van der Waals surface area contributed by atoms with E-state index in [0.717, 1.165) is 13.1 Å². The molecule has 0 saturated carbocycles. The van der Waals surface area contributed by atoms with Gasteiger partial charge in [-0.3, -0.25) is 0 Å². The predicted octanol–water partition coefficient (Wildman–Crippen LogP) is 0.716. The van der Waals surface area contributed by atoms with E-state index in [1.54, 1.807) is 0 Å². The van der Waals surface area contributed by atoms with E-state index in [1.165, 1.54) is 0 Å². The molecule has 0 atom stereocenters. The highest BCUT2D eigenvalue weighted by atomic mass is 16.5. The molecule has 0 amide bonds. The molecule has 55 valence electrons. The Morgan fingerprint density at radius 1 is 1.50 bits per heavy atom.